The lowest BCUT2D eigenvalue weighted by Crippen LogP contribution is -2.05. The van der Waals surface area contributed by atoms with Crippen LogP contribution in [0.15, 0.2) is 84.4 Å². The molecule has 4 rings (SSSR count). The highest BCUT2D eigenvalue weighted by molar-refractivity contribution is 7.87. The lowest BCUT2D eigenvalue weighted by atomic mass is 10.1. The van der Waals surface area contributed by atoms with Crippen molar-refractivity contribution in [3.05, 3.63) is 54.6 Å². The van der Waals surface area contributed by atoms with Crippen molar-refractivity contribution in [2.75, 3.05) is 0 Å². The van der Waals surface area contributed by atoms with Crippen LogP contribution in [-0.2, 0) is 40.5 Å². The van der Waals surface area contributed by atoms with Crippen LogP contribution in [-0.4, -0.2) is 57.0 Å². The third-order valence-electron chi connectivity index (χ3n) is 5.33. The van der Waals surface area contributed by atoms with Crippen molar-refractivity contribution in [3.8, 4) is 5.75 Å². The Labute approximate surface area is 220 Å². The fourth-order valence-electron chi connectivity index (χ4n) is 3.74. The van der Waals surface area contributed by atoms with E-state index in [-0.39, 0.29) is 16.2 Å². The molecule has 0 unspecified atom stereocenters. The molecule has 5 N–H and O–H groups in total. The molecular weight excluding hydrogens is 604 g/mol. The van der Waals surface area contributed by atoms with Gasteiger partial charge in [0, 0.05) is 16.2 Å². The summed E-state index contributed by atoms with van der Waals surface area (Å²) in [5, 5.41) is 16.4. The molecule has 0 amide bonds. The standard InChI is InChI=1S/C20H14N2O13S4/c23-14-6-5-10-7-11(36(24,25)26)8-16(38(30,31)32)18(10)20(14)22-21-19-13-4-2-1-3-12(13)15(37(27,28)29)9-17(19)39(33,34)35/h1-9,23H,(H,24,25,26)(H,27,28,29)(H,30,31,32)(H,33,34,35). The summed E-state index contributed by atoms with van der Waals surface area (Å²) in [7, 11) is -20.5. The van der Waals surface area contributed by atoms with Gasteiger partial charge in [0.25, 0.3) is 40.5 Å². The Hall–Kier alpha value is -3.56. The average molecular weight is 619 g/mol. The monoisotopic (exact) mass is 618 g/mol. The molecule has 0 fully saturated rings. The molecule has 0 aromatic heterocycles. The fourth-order valence-corrected chi connectivity index (χ4v) is 6.57. The molecule has 0 aliphatic carbocycles. The number of benzene rings is 4. The van der Waals surface area contributed by atoms with E-state index in [1.165, 1.54) is 18.2 Å². The van der Waals surface area contributed by atoms with Crippen LogP contribution >= 0.6 is 0 Å². The smallest absolute Gasteiger partial charge is 0.296 e. The van der Waals surface area contributed by atoms with E-state index in [1.54, 1.807) is 0 Å². The Morgan fingerprint density at radius 2 is 1.08 bits per heavy atom. The third kappa shape index (κ3) is 5.46. The number of phenolic OH excluding ortho intramolecular Hbond substituents is 1. The molecule has 0 saturated carbocycles. The molecular formula is C20H14N2O13S4. The van der Waals surface area contributed by atoms with Crippen molar-refractivity contribution < 1.29 is 57.0 Å². The maximum Gasteiger partial charge on any atom is 0.296 e. The minimum atomic E-state index is -5.24. The number of hydrogen-bond donors (Lipinski definition) is 5. The molecule has 15 nitrogen and oxygen atoms in total. The van der Waals surface area contributed by atoms with Gasteiger partial charge in [0.1, 0.15) is 31.8 Å². The van der Waals surface area contributed by atoms with E-state index in [0.717, 1.165) is 24.3 Å². The minimum absolute atomic E-state index is 0.250. The van der Waals surface area contributed by atoms with Crippen molar-refractivity contribution in [2.24, 2.45) is 10.2 Å². The topological polar surface area (TPSA) is 262 Å². The third-order valence-corrected chi connectivity index (χ3v) is 8.80. The number of azo groups is 1. The summed E-state index contributed by atoms with van der Waals surface area (Å²) in [5.41, 5.74) is -1.42. The summed E-state index contributed by atoms with van der Waals surface area (Å²) in [6, 6.07) is 8.52. The second kappa shape index (κ2) is 9.27. The van der Waals surface area contributed by atoms with Crippen molar-refractivity contribution in [3.63, 3.8) is 0 Å². The SMILES string of the molecule is O=S(=O)(O)c1cc(S(=O)(=O)O)c2c(N=Nc3c(S(=O)(=O)O)cc(S(=O)(=O)O)c4ccccc34)c(O)ccc2c1. The molecule has 0 saturated heterocycles. The zero-order valence-corrected chi connectivity index (χ0v) is 22.0. The van der Waals surface area contributed by atoms with Gasteiger partial charge in [-0.05, 0) is 29.7 Å². The molecule has 0 atom stereocenters. The first kappa shape index (κ1) is 28.4. The van der Waals surface area contributed by atoms with Gasteiger partial charge in [-0.1, -0.05) is 30.3 Å². The summed E-state index contributed by atoms with van der Waals surface area (Å²) in [6.45, 7) is 0. The molecule has 0 radical (unpaired) electrons. The maximum atomic E-state index is 12.1. The van der Waals surface area contributed by atoms with Crippen LogP contribution in [0.4, 0.5) is 11.4 Å². The molecule has 39 heavy (non-hydrogen) atoms. The van der Waals surface area contributed by atoms with Gasteiger partial charge in [-0.25, -0.2) is 0 Å². The van der Waals surface area contributed by atoms with E-state index in [4.69, 9.17) is 0 Å². The summed E-state index contributed by atoms with van der Waals surface area (Å²) in [6.07, 6.45) is 0. The number of rotatable bonds is 6. The van der Waals surface area contributed by atoms with Crippen LogP contribution in [0, 0.1) is 0 Å². The van der Waals surface area contributed by atoms with Gasteiger partial charge >= 0.3 is 0 Å². The summed E-state index contributed by atoms with van der Waals surface area (Å²) >= 11 is 0. The van der Waals surface area contributed by atoms with E-state index in [0.29, 0.717) is 12.1 Å². The van der Waals surface area contributed by atoms with Crippen molar-refractivity contribution in [2.45, 2.75) is 19.6 Å². The van der Waals surface area contributed by atoms with Gasteiger partial charge in [0.05, 0.1) is 4.90 Å². The quantitative estimate of drug-likeness (QED) is 0.154. The average Bonchev–Trinajstić information content (AvgIpc) is 2.79. The van der Waals surface area contributed by atoms with Crippen molar-refractivity contribution >= 4 is 73.4 Å². The second-order valence-corrected chi connectivity index (χ2v) is 13.4. The van der Waals surface area contributed by atoms with Crippen molar-refractivity contribution in [1.82, 2.24) is 0 Å². The number of aromatic hydroxyl groups is 1. The Balaban J connectivity index is 2.14. The number of phenols is 1. The van der Waals surface area contributed by atoms with E-state index >= 15 is 0 Å². The highest BCUT2D eigenvalue weighted by Gasteiger charge is 2.27. The summed E-state index contributed by atoms with van der Waals surface area (Å²) < 4.78 is 134. The van der Waals surface area contributed by atoms with Crippen LogP contribution in [0.5, 0.6) is 5.75 Å². The Bertz CT molecular complexity index is 2170. The van der Waals surface area contributed by atoms with Gasteiger partial charge in [0.15, 0.2) is 0 Å². The normalized spacial score (nSPS) is 13.4. The fraction of sp³-hybridized carbons (Fsp3) is 0. The van der Waals surface area contributed by atoms with E-state index in [2.05, 4.69) is 10.2 Å². The second-order valence-electron chi connectivity index (χ2n) is 7.82. The molecule has 0 spiro atoms. The molecule has 0 heterocycles. The lowest BCUT2D eigenvalue weighted by molar-refractivity contribution is 0.476. The highest BCUT2D eigenvalue weighted by Crippen LogP contribution is 2.43. The van der Waals surface area contributed by atoms with Gasteiger partial charge in [-0.3, -0.25) is 18.2 Å². The Morgan fingerprint density at radius 1 is 0.538 bits per heavy atom. The first-order chi connectivity index (χ1) is 17.8. The summed E-state index contributed by atoms with van der Waals surface area (Å²) in [4.78, 5) is -4.10. The number of fused-ring (bicyclic) bond motifs is 2. The number of hydrogen-bond acceptors (Lipinski definition) is 11. The molecule has 4 aromatic carbocycles. The van der Waals surface area contributed by atoms with Crippen LogP contribution in [0.1, 0.15) is 0 Å². The number of nitrogens with zero attached hydrogens (tertiary/aromatic N) is 2. The Morgan fingerprint density at radius 3 is 1.62 bits per heavy atom. The molecule has 19 heteroatoms. The molecule has 0 aliphatic rings. The molecule has 206 valence electrons. The molecule has 0 aliphatic heterocycles. The summed E-state index contributed by atoms with van der Waals surface area (Å²) in [5.74, 6) is -0.789. The van der Waals surface area contributed by atoms with Crippen LogP contribution in [0.2, 0.25) is 0 Å². The van der Waals surface area contributed by atoms with E-state index in [1.807, 2.05) is 0 Å². The predicted molar refractivity (Wildman–Crippen MR) is 133 cm³/mol. The van der Waals surface area contributed by atoms with Gasteiger partial charge < -0.3 is 5.11 Å². The predicted octanol–water partition coefficient (Wildman–Crippen LogP) is 3.10. The highest BCUT2D eigenvalue weighted by atomic mass is 32.2. The van der Waals surface area contributed by atoms with E-state index in [9.17, 15) is 57.0 Å². The first-order valence-electron chi connectivity index (χ1n) is 9.97. The largest absolute Gasteiger partial charge is 0.506 e. The Kier molecular flexibility index (Phi) is 6.77. The van der Waals surface area contributed by atoms with Gasteiger partial charge in [0.2, 0.25) is 0 Å². The molecule has 4 aromatic rings. The zero-order valence-electron chi connectivity index (χ0n) is 18.7. The van der Waals surface area contributed by atoms with Crippen LogP contribution in [0.25, 0.3) is 21.5 Å². The first-order valence-corrected chi connectivity index (χ1v) is 15.7. The molecule has 0 bridgehead atoms. The van der Waals surface area contributed by atoms with Crippen LogP contribution in [0.3, 0.4) is 0 Å². The maximum absolute atomic E-state index is 12.1. The van der Waals surface area contributed by atoms with E-state index < -0.39 is 82.6 Å². The van der Waals surface area contributed by atoms with Crippen LogP contribution < -0.4 is 0 Å². The lowest BCUT2D eigenvalue weighted by Gasteiger charge is -2.12. The van der Waals surface area contributed by atoms with Gasteiger partial charge in [-0.2, -0.15) is 33.7 Å². The minimum Gasteiger partial charge on any atom is -0.506 e. The zero-order chi connectivity index (χ0) is 29.1. The van der Waals surface area contributed by atoms with Crippen molar-refractivity contribution in [1.29, 1.82) is 0 Å². The van der Waals surface area contributed by atoms with Gasteiger partial charge in [-0.15, -0.1) is 10.2 Å².